The van der Waals surface area contributed by atoms with Crippen molar-refractivity contribution < 1.29 is 37.8 Å². The van der Waals surface area contributed by atoms with Crippen LogP contribution in [0.5, 0.6) is 23.0 Å². The first kappa shape index (κ1) is 33.2. The second-order valence-corrected chi connectivity index (χ2v) is 9.29. The first-order chi connectivity index (χ1) is 19.1. The van der Waals surface area contributed by atoms with Crippen molar-refractivity contribution in [1.29, 1.82) is 0 Å². The Kier molecular flexibility index (Phi) is 13.5. The number of hydrogen-bond donors (Lipinski definition) is 2. The highest BCUT2D eigenvalue weighted by Gasteiger charge is 2.17. The van der Waals surface area contributed by atoms with Gasteiger partial charge in [0.2, 0.25) is 0 Å². The minimum Gasteiger partial charge on any atom is -0.497 e. The summed E-state index contributed by atoms with van der Waals surface area (Å²) in [5.41, 5.74) is 1.25. The second kappa shape index (κ2) is 16.3. The van der Waals surface area contributed by atoms with Gasteiger partial charge in [0, 0.05) is 28.7 Å². The average molecular weight is 658 g/mol. The summed E-state index contributed by atoms with van der Waals surface area (Å²) in [5.74, 6) is 1.45. The van der Waals surface area contributed by atoms with E-state index in [9.17, 15) is 8.78 Å². The van der Waals surface area contributed by atoms with Crippen molar-refractivity contribution in [3.05, 3.63) is 98.9 Å². The van der Waals surface area contributed by atoms with Gasteiger partial charge >= 0.3 is 7.12 Å². The van der Waals surface area contributed by atoms with Crippen LogP contribution in [0.1, 0.15) is 0 Å². The highest BCUT2D eigenvalue weighted by atomic mass is 79.9. The summed E-state index contributed by atoms with van der Waals surface area (Å²) < 4.78 is 46.9. The number of hydrogen-bond acceptors (Lipinski definition) is 6. The molecule has 0 aliphatic rings. The molecule has 0 atom stereocenters. The zero-order chi connectivity index (χ0) is 29.8. The Hall–Kier alpha value is -3.02. The van der Waals surface area contributed by atoms with Gasteiger partial charge in [-0.05, 0) is 58.4 Å². The first-order valence-electron chi connectivity index (χ1n) is 11.4. The molecule has 0 bridgehead atoms. The molecular weight excluding hydrogens is 632 g/mol. The van der Waals surface area contributed by atoms with Crippen LogP contribution in [-0.2, 0) is 0 Å². The highest BCUT2D eigenvalue weighted by molar-refractivity contribution is 9.10. The average Bonchev–Trinajstić information content (AvgIpc) is 2.96. The van der Waals surface area contributed by atoms with Gasteiger partial charge < -0.3 is 29.0 Å². The Morgan fingerprint density at radius 3 is 1.68 bits per heavy atom. The molecule has 4 rings (SSSR count). The van der Waals surface area contributed by atoms with E-state index >= 15 is 0 Å². The van der Waals surface area contributed by atoms with Crippen LogP contribution in [-0.4, -0.2) is 45.6 Å². The molecule has 0 aromatic heterocycles. The van der Waals surface area contributed by atoms with E-state index in [1.807, 2.05) is 0 Å². The van der Waals surface area contributed by atoms with Crippen molar-refractivity contribution in [1.82, 2.24) is 0 Å². The summed E-state index contributed by atoms with van der Waals surface area (Å²) in [6.45, 7) is 0. The van der Waals surface area contributed by atoms with Crippen LogP contribution < -0.4 is 24.4 Å². The summed E-state index contributed by atoms with van der Waals surface area (Å²) in [4.78, 5) is 0. The predicted octanol–water partition coefficient (Wildman–Crippen LogP) is 6.79. The van der Waals surface area contributed by atoms with Crippen molar-refractivity contribution in [3.63, 3.8) is 0 Å². The smallest absolute Gasteiger partial charge is 0.492 e. The molecule has 12 heteroatoms. The van der Waals surface area contributed by atoms with Crippen molar-refractivity contribution >= 4 is 51.7 Å². The van der Waals surface area contributed by atoms with Crippen molar-refractivity contribution in [2.24, 2.45) is 0 Å². The molecule has 4 aromatic rings. The minimum atomic E-state index is -1.53. The molecule has 0 saturated carbocycles. The third kappa shape index (κ3) is 9.01. The molecule has 0 saturated heterocycles. The summed E-state index contributed by atoms with van der Waals surface area (Å²) in [6.07, 6.45) is 0. The van der Waals surface area contributed by atoms with Crippen LogP contribution in [0.2, 0.25) is 10.0 Å². The quantitative estimate of drug-likeness (QED) is 0.176. The number of halogens is 5. The van der Waals surface area contributed by atoms with Gasteiger partial charge in [0.05, 0.1) is 43.0 Å². The van der Waals surface area contributed by atoms with Gasteiger partial charge in [-0.1, -0.05) is 41.4 Å². The number of methoxy groups -OCH3 is 4. The molecule has 6 nitrogen and oxygen atoms in total. The van der Waals surface area contributed by atoms with E-state index in [-0.39, 0.29) is 11.6 Å². The lowest BCUT2D eigenvalue weighted by Crippen LogP contribution is -2.31. The fourth-order valence-electron chi connectivity index (χ4n) is 3.27. The molecular formula is C28H26BBrCl2F2O6. The van der Waals surface area contributed by atoms with Crippen LogP contribution >= 0.6 is 39.1 Å². The maximum atomic E-state index is 13.9. The van der Waals surface area contributed by atoms with Gasteiger partial charge in [0.25, 0.3) is 0 Å². The fourth-order valence-corrected chi connectivity index (χ4v) is 3.96. The third-order valence-corrected chi connectivity index (χ3v) is 6.93. The van der Waals surface area contributed by atoms with Crippen molar-refractivity contribution in [2.75, 3.05) is 28.4 Å². The van der Waals surface area contributed by atoms with E-state index in [0.29, 0.717) is 54.1 Å². The molecule has 2 N–H and O–H groups in total. The summed E-state index contributed by atoms with van der Waals surface area (Å²) in [5, 5.41) is 18.6. The Labute approximate surface area is 250 Å². The van der Waals surface area contributed by atoms with Crippen LogP contribution in [0.3, 0.4) is 0 Å². The zero-order valence-electron chi connectivity index (χ0n) is 21.9. The molecule has 0 amide bonds. The summed E-state index contributed by atoms with van der Waals surface area (Å²) in [6, 6.07) is 19.0. The van der Waals surface area contributed by atoms with E-state index in [4.69, 9.17) is 52.2 Å². The van der Waals surface area contributed by atoms with E-state index in [2.05, 4.69) is 15.9 Å². The summed E-state index contributed by atoms with van der Waals surface area (Å²) in [7, 11) is 4.54. The topological polar surface area (TPSA) is 77.4 Å². The van der Waals surface area contributed by atoms with E-state index < -0.39 is 7.12 Å². The maximum absolute atomic E-state index is 13.9. The monoisotopic (exact) mass is 656 g/mol. The molecule has 0 radical (unpaired) electrons. The number of rotatable bonds is 6. The van der Waals surface area contributed by atoms with Crippen molar-refractivity contribution in [3.8, 4) is 34.1 Å². The molecule has 0 aliphatic carbocycles. The maximum Gasteiger partial charge on any atom is 0.492 e. The molecule has 40 heavy (non-hydrogen) atoms. The lowest BCUT2D eigenvalue weighted by atomic mass is 9.79. The predicted molar refractivity (Wildman–Crippen MR) is 158 cm³/mol. The van der Waals surface area contributed by atoms with Gasteiger partial charge in [-0.15, -0.1) is 0 Å². The lowest BCUT2D eigenvalue weighted by molar-refractivity contribution is 0.390. The van der Waals surface area contributed by atoms with E-state index in [0.717, 1.165) is 0 Å². The molecule has 0 fully saturated rings. The number of benzene rings is 4. The van der Waals surface area contributed by atoms with Crippen LogP contribution in [0, 0.1) is 11.6 Å². The highest BCUT2D eigenvalue weighted by Crippen LogP contribution is 2.38. The molecule has 0 heterocycles. The van der Waals surface area contributed by atoms with Gasteiger partial charge in [-0.2, -0.15) is 0 Å². The van der Waals surface area contributed by atoms with Gasteiger partial charge in [-0.25, -0.2) is 8.78 Å². The molecule has 0 unspecified atom stereocenters. The van der Waals surface area contributed by atoms with Gasteiger partial charge in [0.15, 0.2) is 0 Å². The third-order valence-electron chi connectivity index (χ3n) is 5.26. The van der Waals surface area contributed by atoms with Crippen LogP contribution in [0.15, 0.2) is 77.3 Å². The molecule has 0 aliphatic heterocycles. The molecule has 4 aromatic carbocycles. The SMILES string of the molecule is COc1ccc(-c2c(F)cccc2Cl)c(OC)c1.COc1ccc(B(O)O)c(OC)c1.Fc1cccc(Cl)c1Br. The Morgan fingerprint density at radius 1 is 0.675 bits per heavy atom. The molecule has 212 valence electrons. The van der Waals surface area contributed by atoms with Crippen LogP contribution in [0.4, 0.5) is 8.78 Å². The standard InChI is InChI=1S/C14H12ClFO2.C8H11BO4.C6H3BrClF/c1-17-9-6-7-10(13(8-9)18-2)14-11(15)4-3-5-12(14)16;1-12-6-3-4-7(9(10)11)8(5-6)13-2;7-6-4(8)2-1-3-5(6)9/h3-8H,1-2H3;3-5,10-11H,1-2H3;1-3H. The van der Waals surface area contributed by atoms with Gasteiger partial charge in [-0.3, -0.25) is 0 Å². The number of ether oxygens (including phenoxy) is 4. The fraction of sp³-hybridized carbons (Fsp3) is 0.143. The van der Waals surface area contributed by atoms with Gasteiger partial charge in [0.1, 0.15) is 34.6 Å². The normalized spacial score (nSPS) is 9.88. The Balaban J connectivity index is 0.000000224. The zero-order valence-corrected chi connectivity index (χ0v) is 25.0. The molecule has 0 spiro atoms. The van der Waals surface area contributed by atoms with E-state index in [1.165, 1.54) is 33.5 Å². The largest absolute Gasteiger partial charge is 0.497 e. The second-order valence-electron chi connectivity index (χ2n) is 7.68. The summed E-state index contributed by atoms with van der Waals surface area (Å²) >= 11 is 14.5. The Bertz CT molecular complexity index is 1370. The minimum absolute atomic E-state index is 0.323. The van der Waals surface area contributed by atoms with Crippen LogP contribution in [0.25, 0.3) is 11.1 Å². The Morgan fingerprint density at radius 2 is 1.20 bits per heavy atom. The lowest BCUT2D eigenvalue weighted by Gasteiger charge is -2.12. The van der Waals surface area contributed by atoms with E-state index in [1.54, 1.807) is 67.8 Å². The van der Waals surface area contributed by atoms with Crippen molar-refractivity contribution in [2.45, 2.75) is 0 Å². The first-order valence-corrected chi connectivity index (χ1v) is 13.0.